The summed E-state index contributed by atoms with van der Waals surface area (Å²) in [6, 6.07) is 14.5. The Kier molecular flexibility index (Phi) is 7.36. The summed E-state index contributed by atoms with van der Waals surface area (Å²) in [5.74, 6) is -0.540. The lowest BCUT2D eigenvalue weighted by atomic mass is 10.1. The minimum atomic E-state index is -0.645. The molecule has 0 aromatic heterocycles. The quantitative estimate of drug-likeness (QED) is 0.696. The number of amides is 3. The molecule has 2 aromatic rings. The summed E-state index contributed by atoms with van der Waals surface area (Å²) in [7, 11) is 0. The maximum Gasteiger partial charge on any atom is 0.408 e. The molecule has 154 valence electrons. The molecule has 0 spiro atoms. The van der Waals surface area contributed by atoms with Crippen molar-refractivity contribution < 1.29 is 19.1 Å². The van der Waals surface area contributed by atoms with E-state index in [9.17, 15) is 14.4 Å². The Morgan fingerprint density at radius 1 is 0.966 bits per heavy atom. The molecule has 3 N–H and O–H groups in total. The molecule has 0 aliphatic carbocycles. The van der Waals surface area contributed by atoms with E-state index in [1.807, 2.05) is 31.2 Å². The van der Waals surface area contributed by atoms with Gasteiger partial charge in [-0.1, -0.05) is 29.8 Å². The Morgan fingerprint density at radius 3 is 2.38 bits per heavy atom. The number of aryl methyl sites for hydroxylation is 1. The van der Waals surface area contributed by atoms with Crippen molar-refractivity contribution >= 4 is 23.6 Å². The van der Waals surface area contributed by atoms with E-state index in [0.29, 0.717) is 11.3 Å². The first-order valence-corrected chi connectivity index (χ1v) is 9.33. The van der Waals surface area contributed by atoms with Gasteiger partial charge in [-0.3, -0.25) is 9.59 Å². The summed E-state index contributed by atoms with van der Waals surface area (Å²) in [6.45, 7) is 7.26. The maximum atomic E-state index is 12.4. The molecule has 7 nitrogen and oxygen atoms in total. The summed E-state index contributed by atoms with van der Waals surface area (Å²) in [5.41, 5.74) is 2.42. The van der Waals surface area contributed by atoms with Crippen LogP contribution in [0.25, 0.3) is 0 Å². The lowest BCUT2D eigenvalue weighted by Crippen LogP contribution is -2.39. The van der Waals surface area contributed by atoms with Gasteiger partial charge in [0.2, 0.25) is 5.91 Å². The first-order chi connectivity index (χ1) is 13.6. The van der Waals surface area contributed by atoms with E-state index in [-0.39, 0.29) is 24.9 Å². The minimum absolute atomic E-state index is 0.182. The van der Waals surface area contributed by atoms with Gasteiger partial charge in [-0.25, -0.2) is 4.79 Å². The molecule has 0 aliphatic heterocycles. The molecule has 7 heteroatoms. The van der Waals surface area contributed by atoms with E-state index in [2.05, 4.69) is 16.0 Å². The highest BCUT2D eigenvalue weighted by atomic mass is 16.6. The molecule has 0 aliphatic rings. The van der Waals surface area contributed by atoms with Gasteiger partial charge in [0, 0.05) is 17.8 Å². The van der Waals surface area contributed by atoms with E-state index < -0.39 is 11.7 Å². The van der Waals surface area contributed by atoms with E-state index >= 15 is 0 Å². The first kappa shape index (κ1) is 21.9. The van der Waals surface area contributed by atoms with Gasteiger partial charge in [-0.15, -0.1) is 0 Å². The maximum absolute atomic E-state index is 12.4. The van der Waals surface area contributed by atoms with Crippen molar-refractivity contribution in [2.45, 2.75) is 39.8 Å². The fourth-order valence-electron chi connectivity index (χ4n) is 2.48. The SMILES string of the molecule is Cc1cccc(C(=O)Nc2cccc(CNC(=O)CNC(=O)OC(C)(C)C)c2)c1. The highest BCUT2D eigenvalue weighted by molar-refractivity contribution is 6.04. The number of nitrogens with one attached hydrogen (secondary N) is 3. The predicted molar refractivity (Wildman–Crippen MR) is 112 cm³/mol. The number of hydrogen-bond acceptors (Lipinski definition) is 4. The van der Waals surface area contributed by atoms with E-state index in [1.54, 1.807) is 45.0 Å². The molecule has 0 heterocycles. The van der Waals surface area contributed by atoms with Gasteiger partial charge in [-0.2, -0.15) is 0 Å². The van der Waals surface area contributed by atoms with Crippen LogP contribution in [0.4, 0.5) is 10.5 Å². The number of carbonyl (C=O) groups is 3. The van der Waals surface area contributed by atoms with Crippen molar-refractivity contribution in [3.8, 4) is 0 Å². The van der Waals surface area contributed by atoms with Crippen LogP contribution in [0.5, 0.6) is 0 Å². The van der Waals surface area contributed by atoms with Crippen molar-refractivity contribution in [3.63, 3.8) is 0 Å². The van der Waals surface area contributed by atoms with Gasteiger partial charge < -0.3 is 20.7 Å². The summed E-state index contributed by atoms with van der Waals surface area (Å²) in [5, 5.41) is 7.97. The topological polar surface area (TPSA) is 96.5 Å². The molecule has 2 aromatic carbocycles. The molecule has 2 rings (SSSR count). The summed E-state index contributed by atoms with van der Waals surface area (Å²) in [4.78, 5) is 35.8. The van der Waals surface area contributed by atoms with Crippen LogP contribution in [-0.2, 0) is 16.1 Å². The van der Waals surface area contributed by atoms with Crippen LogP contribution in [0.3, 0.4) is 0 Å². The molecule has 0 fully saturated rings. The Hall–Kier alpha value is -3.35. The smallest absolute Gasteiger partial charge is 0.408 e. The second kappa shape index (κ2) is 9.73. The second-order valence-corrected chi connectivity index (χ2v) is 7.66. The molecule has 0 saturated carbocycles. The van der Waals surface area contributed by atoms with Crippen LogP contribution >= 0.6 is 0 Å². The number of carbonyl (C=O) groups excluding carboxylic acids is 3. The van der Waals surface area contributed by atoms with E-state index in [4.69, 9.17) is 4.74 Å². The number of hydrogen-bond donors (Lipinski definition) is 3. The lowest BCUT2D eigenvalue weighted by molar-refractivity contribution is -0.120. The Morgan fingerprint density at radius 2 is 1.69 bits per heavy atom. The van der Waals surface area contributed by atoms with Crippen LogP contribution in [0.1, 0.15) is 42.3 Å². The molecule has 0 bridgehead atoms. The van der Waals surface area contributed by atoms with Crippen molar-refractivity contribution in [3.05, 3.63) is 65.2 Å². The third kappa shape index (κ3) is 8.04. The average molecular weight is 397 g/mol. The van der Waals surface area contributed by atoms with Crippen LogP contribution < -0.4 is 16.0 Å². The van der Waals surface area contributed by atoms with Gasteiger partial charge >= 0.3 is 6.09 Å². The normalized spacial score (nSPS) is 10.8. The number of alkyl carbamates (subject to hydrolysis) is 1. The van der Waals surface area contributed by atoms with Gasteiger partial charge in [0.15, 0.2) is 0 Å². The zero-order valence-electron chi connectivity index (χ0n) is 17.2. The van der Waals surface area contributed by atoms with Crippen LogP contribution in [0.2, 0.25) is 0 Å². The van der Waals surface area contributed by atoms with Gasteiger partial charge in [0.25, 0.3) is 5.91 Å². The average Bonchev–Trinajstić information content (AvgIpc) is 2.63. The third-order valence-electron chi connectivity index (χ3n) is 3.75. The van der Waals surface area contributed by atoms with Gasteiger partial charge in [0.05, 0.1) is 0 Å². The number of benzene rings is 2. The first-order valence-electron chi connectivity index (χ1n) is 9.33. The molecule has 0 unspecified atom stereocenters. The predicted octanol–water partition coefficient (Wildman–Crippen LogP) is 3.39. The molecule has 3 amide bonds. The van der Waals surface area contributed by atoms with Crippen LogP contribution in [0, 0.1) is 6.92 Å². The standard InChI is InChI=1S/C22H27N3O4/c1-15-7-5-9-17(11-15)20(27)25-18-10-6-8-16(12-18)13-23-19(26)14-24-21(28)29-22(2,3)4/h5-12H,13-14H2,1-4H3,(H,23,26)(H,24,28)(H,25,27). The van der Waals surface area contributed by atoms with Crippen LogP contribution in [-0.4, -0.2) is 30.1 Å². The summed E-state index contributed by atoms with van der Waals surface area (Å²) < 4.78 is 5.08. The lowest BCUT2D eigenvalue weighted by Gasteiger charge is -2.19. The monoisotopic (exact) mass is 397 g/mol. The van der Waals surface area contributed by atoms with Crippen molar-refractivity contribution in [1.82, 2.24) is 10.6 Å². The Bertz CT molecular complexity index is 888. The van der Waals surface area contributed by atoms with E-state index in [0.717, 1.165) is 11.1 Å². The highest BCUT2D eigenvalue weighted by Gasteiger charge is 2.16. The Labute approximate surface area is 170 Å². The number of anilines is 1. The van der Waals surface area contributed by atoms with Gasteiger partial charge in [-0.05, 0) is 57.5 Å². The highest BCUT2D eigenvalue weighted by Crippen LogP contribution is 2.13. The van der Waals surface area contributed by atoms with Crippen molar-refractivity contribution in [1.29, 1.82) is 0 Å². The molecular weight excluding hydrogens is 370 g/mol. The van der Waals surface area contributed by atoms with Crippen LogP contribution in [0.15, 0.2) is 48.5 Å². The Balaban J connectivity index is 1.84. The minimum Gasteiger partial charge on any atom is -0.444 e. The van der Waals surface area contributed by atoms with E-state index in [1.165, 1.54) is 0 Å². The number of rotatable bonds is 6. The molecule has 0 radical (unpaired) electrons. The fraction of sp³-hybridized carbons (Fsp3) is 0.318. The third-order valence-corrected chi connectivity index (χ3v) is 3.75. The fourth-order valence-corrected chi connectivity index (χ4v) is 2.48. The molecule has 29 heavy (non-hydrogen) atoms. The molecule has 0 saturated heterocycles. The second-order valence-electron chi connectivity index (χ2n) is 7.66. The zero-order chi connectivity index (χ0) is 21.4. The van der Waals surface area contributed by atoms with Crippen molar-refractivity contribution in [2.75, 3.05) is 11.9 Å². The zero-order valence-corrected chi connectivity index (χ0v) is 17.2. The molecular formula is C22H27N3O4. The summed E-state index contributed by atoms with van der Waals surface area (Å²) in [6.07, 6.45) is -0.645. The summed E-state index contributed by atoms with van der Waals surface area (Å²) >= 11 is 0. The van der Waals surface area contributed by atoms with Gasteiger partial charge in [0.1, 0.15) is 12.1 Å². The largest absolute Gasteiger partial charge is 0.444 e. The number of ether oxygens (including phenoxy) is 1. The van der Waals surface area contributed by atoms with Crippen molar-refractivity contribution in [2.24, 2.45) is 0 Å². The molecule has 0 atom stereocenters.